The van der Waals surface area contributed by atoms with Gasteiger partial charge in [-0.3, -0.25) is 4.79 Å². The van der Waals surface area contributed by atoms with Crippen LogP contribution in [0.5, 0.6) is 0 Å². The zero-order valence-electron chi connectivity index (χ0n) is 11.5. The normalized spacial score (nSPS) is 29.0. The minimum atomic E-state index is -0.867. The van der Waals surface area contributed by atoms with Gasteiger partial charge in [0, 0.05) is 25.7 Å². The first kappa shape index (κ1) is 14.1. The number of hydrogen-bond donors (Lipinski definition) is 2. The molecule has 1 atom stereocenters. The van der Waals surface area contributed by atoms with E-state index in [0.717, 1.165) is 32.5 Å². The largest absolute Gasteiger partial charge is 0.481 e. The number of carbonyl (C=O) groups is 2. The molecule has 0 aromatic heterocycles. The minimum Gasteiger partial charge on any atom is -0.481 e. The number of carboxylic acids is 1. The molecule has 19 heavy (non-hydrogen) atoms. The van der Waals surface area contributed by atoms with Gasteiger partial charge in [-0.25, -0.2) is 4.79 Å². The lowest BCUT2D eigenvalue weighted by Gasteiger charge is -2.45. The van der Waals surface area contributed by atoms with E-state index < -0.39 is 5.97 Å². The Kier molecular flexibility index (Phi) is 4.63. The van der Waals surface area contributed by atoms with E-state index >= 15 is 0 Å². The van der Waals surface area contributed by atoms with Crippen LogP contribution in [-0.4, -0.2) is 65.7 Å². The summed E-state index contributed by atoms with van der Waals surface area (Å²) in [5.41, 5.74) is 0. The average Bonchev–Trinajstić information content (AvgIpc) is 2.40. The molecule has 1 unspecified atom stereocenters. The van der Waals surface area contributed by atoms with Gasteiger partial charge in [-0.15, -0.1) is 0 Å². The second kappa shape index (κ2) is 6.23. The molecule has 0 aliphatic carbocycles. The van der Waals surface area contributed by atoms with Crippen molar-refractivity contribution < 1.29 is 14.7 Å². The van der Waals surface area contributed by atoms with E-state index in [-0.39, 0.29) is 25.0 Å². The Morgan fingerprint density at radius 3 is 2.53 bits per heavy atom. The molecule has 6 nitrogen and oxygen atoms in total. The number of rotatable bonds is 5. The van der Waals surface area contributed by atoms with Gasteiger partial charge in [0.25, 0.3) is 0 Å². The van der Waals surface area contributed by atoms with Gasteiger partial charge in [-0.1, -0.05) is 0 Å². The van der Waals surface area contributed by atoms with Crippen LogP contribution in [-0.2, 0) is 4.79 Å². The van der Waals surface area contributed by atoms with Crippen molar-refractivity contribution >= 4 is 12.0 Å². The molecule has 3 heterocycles. The number of nitrogens with one attached hydrogen (secondary N) is 1. The van der Waals surface area contributed by atoms with Crippen molar-refractivity contribution in [2.24, 2.45) is 5.92 Å². The quantitative estimate of drug-likeness (QED) is 0.766. The van der Waals surface area contributed by atoms with Crippen LogP contribution in [0.2, 0.25) is 0 Å². The van der Waals surface area contributed by atoms with Crippen LogP contribution in [0.3, 0.4) is 0 Å². The van der Waals surface area contributed by atoms with Gasteiger partial charge < -0.3 is 20.2 Å². The zero-order chi connectivity index (χ0) is 13.8. The van der Waals surface area contributed by atoms with E-state index in [4.69, 9.17) is 5.11 Å². The van der Waals surface area contributed by atoms with E-state index in [9.17, 15) is 9.59 Å². The van der Waals surface area contributed by atoms with Crippen LogP contribution in [0.15, 0.2) is 0 Å². The molecule has 0 radical (unpaired) electrons. The zero-order valence-corrected chi connectivity index (χ0v) is 11.5. The number of fused-ring (bicyclic) bond motifs is 3. The number of urea groups is 1. The lowest BCUT2D eigenvalue weighted by molar-refractivity contribution is -0.137. The number of amides is 2. The van der Waals surface area contributed by atoms with Crippen molar-refractivity contribution in [3.63, 3.8) is 0 Å². The van der Waals surface area contributed by atoms with Crippen LogP contribution >= 0.6 is 0 Å². The van der Waals surface area contributed by atoms with Crippen LogP contribution in [0.4, 0.5) is 4.79 Å². The summed E-state index contributed by atoms with van der Waals surface area (Å²) in [5.74, 6) is -0.277. The number of nitrogens with zero attached hydrogens (tertiary/aromatic N) is 2. The molecular weight excluding hydrogens is 246 g/mol. The lowest BCUT2D eigenvalue weighted by Crippen LogP contribution is -2.59. The Bertz CT molecular complexity index is 340. The summed E-state index contributed by atoms with van der Waals surface area (Å²) < 4.78 is 0. The van der Waals surface area contributed by atoms with Gasteiger partial charge in [0.2, 0.25) is 0 Å². The first-order valence-electron chi connectivity index (χ1n) is 7.09. The maximum Gasteiger partial charge on any atom is 0.317 e. The number of carbonyl (C=O) groups excluding carboxylic acids is 1. The van der Waals surface area contributed by atoms with E-state index in [1.807, 2.05) is 6.92 Å². The number of hydrogen-bond acceptors (Lipinski definition) is 3. The standard InChI is InChI=1S/C13H23N3O3/c1-2-16(8-5-12(17)18)13(19)14-11-9-15-6-3-10(11)4-7-15/h10-11H,2-9H2,1H3,(H,14,19)(H,17,18). The van der Waals surface area contributed by atoms with E-state index in [1.54, 1.807) is 4.90 Å². The summed E-state index contributed by atoms with van der Waals surface area (Å²) in [6.45, 7) is 5.92. The molecule has 108 valence electrons. The third kappa shape index (κ3) is 3.59. The van der Waals surface area contributed by atoms with E-state index in [1.165, 1.54) is 0 Å². The third-order valence-corrected chi connectivity index (χ3v) is 4.23. The molecular formula is C13H23N3O3. The molecule has 3 aliphatic rings. The Morgan fingerprint density at radius 2 is 2.05 bits per heavy atom. The summed E-state index contributed by atoms with van der Waals surface area (Å²) in [6.07, 6.45) is 2.32. The third-order valence-electron chi connectivity index (χ3n) is 4.23. The summed E-state index contributed by atoms with van der Waals surface area (Å²) in [4.78, 5) is 26.7. The summed E-state index contributed by atoms with van der Waals surface area (Å²) in [7, 11) is 0. The predicted molar refractivity (Wildman–Crippen MR) is 71.0 cm³/mol. The molecule has 2 bridgehead atoms. The maximum atomic E-state index is 12.1. The molecule has 0 aromatic carbocycles. The first-order valence-corrected chi connectivity index (χ1v) is 7.09. The van der Waals surface area contributed by atoms with Crippen LogP contribution < -0.4 is 5.32 Å². The highest BCUT2D eigenvalue weighted by molar-refractivity contribution is 5.75. The minimum absolute atomic E-state index is 0.00147. The fraction of sp³-hybridized carbons (Fsp3) is 0.846. The molecule has 2 amide bonds. The van der Waals surface area contributed by atoms with Crippen molar-refractivity contribution in [2.75, 3.05) is 32.7 Å². The Labute approximate surface area is 113 Å². The van der Waals surface area contributed by atoms with Crippen molar-refractivity contribution in [1.29, 1.82) is 0 Å². The summed E-state index contributed by atoms with van der Waals surface area (Å²) in [6, 6.07) is 0.108. The molecule has 0 saturated carbocycles. The molecule has 2 N–H and O–H groups in total. The van der Waals surface area contributed by atoms with Crippen molar-refractivity contribution in [2.45, 2.75) is 32.2 Å². The molecule has 0 spiro atoms. The Morgan fingerprint density at radius 1 is 1.37 bits per heavy atom. The van der Waals surface area contributed by atoms with Crippen molar-refractivity contribution in [3.05, 3.63) is 0 Å². The highest BCUT2D eigenvalue weighted by Gasteiger charge is 2.35. The maximum absolute atomic E-state index is 12.1. The van der Waals surface area contributed by atoms with Gasteiger partial charge in [-0.05, 0) is 38.8 Å². The number of carboxylic acid groups (broad SMARTS) is 1. The monoisotopic (exact) mass is 269 g/mol. The van der Waals surface area contributed by atoms with Gasteiger partial charge in [-0.2, -0.15) is 0 Å². The second-order valence-electron chi connectivity index (χ2n) is 5.42. The first-order chi connectivity index (χ1) is 9.10. The molecule has 6 heteroatoms. The Hall–Kier alpha value is -1.30. The van der Waals surface area contributed by atoms with Gasteiger partial charge in [0.1, 0.15) is 0 Å². The number of aliphatic carboxylic acids is 1. The summed E-state index contributed by atoms with van der Waals surface area (Å²) in [5, 5.41) is 11.8. The SMILES string of the molecule is CCN(CCC(=O)O)C(=O)NC1CN2CCC1CC2. The van der Waals surface area contributed by atoms with Crippen LogP contribution in [0.25, 0.3) is 0 Å². The van der Waals surface area contributed by atoms with Crippen molar-refractivity contribution in [3.8, 4) is 0 Å². The fourth-order valence-electron chi connectivity index (χ4n) is 3.01. The van der Waals surface area contributed by atoms with Crippen LogP contribution in [0.1, 0.15) is 26.2 Å². The molecule has 0 aromatic rings. The highest BCUT2D eigenvalue weighted by atomic mass is 16.4. The van der Waals surface area contributed by atoms with Gasteiger partial charge in [0.05, 0.1) is 6.42 Å². The predicted octanol–water partition coefficient (Wildman–Crippen LogP) is 0.587. The summed E-state index contributed by atoms with van der Waals surface area (Å²) >= 11 is 0. The second-order valence-corrected chi connectivity index (χ2v) is 5.42. The van der Waals surface area contributed by atoms with Crippen molar-refractivity contribution in [1.82, 2.24) is 15.1 Å². The van der Waals surface area contributed by atoms with Gasteiger partial charge >= 0.3 is 12.0 Å². The topological polar surface area (TPSA) is 72.9 Å². The highest BCUT2D eigenvalue weighted by Crippen LogP contribution is 2.27. The number of piperidine rings is 3. The molecule has 3 rings (SSSR count). The van der Waals surface area contributed by atoms with Crippen LogP contribution in [0, 0.1) is 5.92 Å². The average molecular weight is 269 g/mol. The lowest BCUT2D eigenvalue weighted by atomic mass is 9.84. The van der Waals surface area contributed by atoms with E-state index in [0.29, 0.717) is 12.5 Å². The molecule has 3 fully saturated rings. The smallest absolute Gasteiger partial charge is 0.317 e. The van der Waals surface area contributed by atoms with E-state index in [2.05, 4.69) is 10.2 Å². The van der Waals surface area contributed by atoms with Gasteiger partial charge in [0.15, 0.2) is 0 Å². The molecule has 3 saturated heterocycles. The molecule has 3 aliphatic heterocycles. The fourth-order valence-corrected chi connectivity index (χ4v) is 3.01. The Balaban J connectivity index is 1.83.